The van der Waals surface area contributed by atoms with Crippen LogP contribution in [0.4, 0.5) is 13.2 Å². The highest BCUT2D eigenvalue weighted by atomic mass is 35.5. The number of alkyl halides is 3. The molecule has 150 valence electrons. The third-order valence-corrected chi connectivity index (χ3v) is 4.51. The van der Waals surface area contributed by atoms with E-state index in [1.54, 1.807) is 17.0 Å². The molecule has 0 unspecified atom stereocenters. The maximum Gasteiger partial charge on any atom is 0.420 e. The first-order valence-corrected chi connectivity index (χ1v) is 8.48. The molecule has 0 saturated carbocycles. The summed E-state index contributed by atoms with van der Waals surface area (Å²) in [6, 6.07) is 2.65. The van der Waals surface area contributed by atoms with Crippen molar-refractivity contribution in [2.24, 2.45) is 0 Å². The van der Waals surface area contributed by atoms with Gasteiger partial charge in [0.25, 0.3) is 0 Å². The van der Waals surface area contributed by atoms with Crippen LogP contribution in [0.3, 0.4) is 0 Å². The third kappa shape index (κ3) is 5.29. The number of aryl methyl sites for hydroxylation is 1. The van der Waals surface area contributed by atoms with Crippen molar-refractivity contribution >= 4 is 18.3 Å². The van der Waals surface area contributed by atoms with Gasteiger partial charge in [-0.2, -0.15) is 13.2 Å². The molecule has 0 radical (unpaired) electrons. The highest BCUT2D eigenvalue weighted by Crippen LogP contribution is 2.45. The molecule has 0 N–H and O–H groups in total. The lowest BCUT2D eigenvalue weighted by Gasteiger charge is -2.31. The molecule has 0 aliphatic carbocycles. The summed E-state index contributed by atoms with van der Waals surface area (Å²) in [5.41, 5.74) is -0.321. The lowest BCUT2D eigenvalue weighted by Crippen LogP contribution is -2.46. The fourth-order valence-electron chi connectivity index (χ4n) is 2.99. The molecule has 1 saturated heterocycles. The first kappa shape index (κ1) is 21.4. The minimum Gasteiger partial charge on any atom is -0.454 e. The van der Waals surface area contributed by atoms with E-state index >= 15 is 0 Å². The van der Waals surface area contributed by atoms with Crippen LogP contribution < -0.4 is 9.47 Å². The van der Waals surface area contributed by atoms with Gasteiger partial charge in [-0.1, -0.05) is 6.08 Å². The molecule has 3 rings (SSSR count). The monoisotopic (exact) mass is 406 g/mol. The number of hydrogen-bond donors (Lipinski definition) is 0. The van der Waals surface area contributed by atoms with Crippen LogP contribution in [0.5, 0.6) is 11.5 Å². The van der Waals surface area contributed by atoms with Crippen molar-refractivity contribution in [2.45, 2.75) is 19.0 Å². The molecular formula is C18H22ClF3N2O3. The fraction of sp³-hybridized carbons (Fsp3) is 0.500. The van der Waals surface area contributed by atoms with E-state index in [4.69, 9.17) is 9.47 Å². The zero-order valence-corrected chi connectivity index (χ0v) is 15.7. The minimum absolute atomic E-state index is 0. The number of carbonyl (C=O) groups is 1. The molecule has 2 aliphatic rings. The van der Waals surface area contributed by atoms with Crippen molar-refractivity contribution in [1.29, 1.82) is 0 Å². The number of benzene rings is 1. The summed E-state index contributed by atoms with van der Waals surface area (Å²) in [6.45, 7) is 2.86. The topological polar surface area (TPSA) is 42.0 Å². The van der Waals surface area contributed by atoms with E-state index in [-0.39, 0.29) is 36.6 Å². The Morgan fingerprint density at radius 3 is 2.56 bits per heavy atom. The van der Waals surface area contributed by atoms with Crippen LogP contribution in [0, 0.1) is 0 Å². The van der Waals surface area contributed by atoms with Gasteiger partial charge < -0.3 is 19.3 Å². The van der Waals surface area contributed by atoms with E-state index in [1.165, 1.54) is 6.08 Å². The van der Waals surface area contributed by atoms with Crippen molar-refractivity contribution in [2.75, 3.05) is 40.0 Å². The summed E-state index contributed by atoms with van der Waals surface area (Å²) in [4.78, 5) is 16.0. The van der Waals surface area contributed by atoms with Crippen molar-refractivity contribution in [3.63, 3.8) is 0 Å². The molecule has 27 heavy (non-hydrogen) atoms. The Labute approximate surface area is 162 Å². The molecule has 2 heterocycles. The summed E-state index contributed by atoms with van der Waals surface area (Å²) < 4.78 is 49.5. The molecule has 1 fully saturated rings. The Hall–Kier alpha value is -1.93. The van der Waals surface area contributed by atoms with Crippen molar-refractivity contribution < 1.29 is 27.4 Å². The van der Waals surface area contributed by atoms with Crippen LogP contribution in [-0.4, -0.2) is 55.7 Å². The predicted molar refractivity (Wildman–Crippen MR) is 96.4 cm³/mol. The molecule has 1 amide bonds. The van der Waals surface area contributed by atoms with Gasteiger partial charge in [0.1, 0.15) is 5.56 Å². The lowest BCUT2D eigenvalue weighted by atomic mass is 10.0. The van der Waals surface area contributed by atoms with Gasteiger partial charge >= 0.3 is 6.18 Å². The number of piperazine rings is 1. The third-order valence-electron chi connectivity index (χ3n) is 4.51. The average molecular weight is 407 g/mol. The zero-order valence-electron chi connectivity index (χ0n) is 14.9. The van der Waals surface area contributed by atoms with Crippen LogP contribution >= 0.6 is 12.4 Å². The van der Waals surface area contributed by atoms with E-state index < -0.39 is 11.7 Å². The van der Waals surface area contributed by atoms with E-state index in [2.05, 4.69) is 4.90 Å². The van der Waals surface area contributed by atoms with Gasteiger partial charge in [0, 0.05) is 26.2 Å². The molecule has 0 atom stereocenters. The molecular weight excluding hydrogens is 385 g/mol. The zero-order chi connectivity index (χ0) is 18.7. The smallest absolute Gasteiger partial charge is 0.420 e. The summed E-state index contributed by atoms with van der Waals surface area (Å²) >= 11 is 0. The number of hydrogen-bond acceptors (Lipinski definition) is 4. The Morgan fingerprint density at radius 2 is 1.89 bits per heavy atom. The van der Waals surface area contributed by atoms with E-state index in [9.17, 15) is 18.0 Å². The number of carbonyl (C=O) groups excluding carboxylic acids is 1. The standard InChI is InChI=1S/C18H21F3N2O3.ClH/c1-22-6-8-23(9-7-22)16(24)5-3-2-4-13-10-14(18(19,20)21)17-15(11-13)25-12-26-17;/h3,5,10-11H,2,4,6-9,12H2,1H3;1H/b5-3+;. The van der Waals surface area contributed by atoms with Crippen LogP contribution in [0.2, 0.25) is 0 Å². The van der Waals surface area contributed by atoms with Crippen molar-refractivity contribution in [3.8, 4) is 11.5 Å². The second kappa shape index (κ2) is 8.84. The average Bonchev–Trinajstić information content (AvgIpc) is 3.06. The Bertz CT molecular complexity index is 702. The normalized spacial score (nSPS) is 17.3. The van der Waals surface area contributed by atoms with E-state index in [0.29, 0.717) is 31.5 Å². The second-order valence-electron chi connectivity index (χ2n) is 6.44. The fourth-order valence-corrected chi connectivity index (χ4v) is 2.99. The van der Waals surface area contributed by atoms with Crippen LogP contribution in [0.1, 0.15) is 17.5 Å². The van der Waals surface area contributed by atoms with Gasteiger partial charge in [-0.05, 0) is 43.7 Å². The maximum atomic E-state index is 13.1. The molecule has 5 nitrogen and oxygen atoms in total. The number of amides is 1. The summed E-state index contributed by atoms with van der Waals surface area (Å²) in [5.74, 6) is -0.186. The quantitative estimate of drug-likeness (QED) is 0.720. The molecule has 1 aromatic carbocycles. The molecule has 1 aromatic rings. The highest BCUT2D eigenvalue weighted by molar-refractivity contribution is 5.87. The number of allylic oxidation sites excluding steroid dienone is 1. The summed E-state index contributed by atoms with van der Waals surface area (Å²) in [7, 11) is 2.01. The first-order valence-electron chi connectivity index (χ1n) is 8.48. The van der Waals surface area contributed by atoms with Crippen molar-refractivity contribution in [3.05, 3.63) is 35.4 Å². The first-order chi connectivity index (χ1) is 12.3. The van der Waals surface area contributed by atoms with Crippen LogP contribution in [0.15, 0.2) is 24.3 Å². The van der Waals surface area contributed by atoms with Crippen LogP contribution in [-0.2, 0) is 17.4 Å². The van der Waals surface area contributed by atoms with Crippen LogP contribution in [0.25, 0.3) is 0 Å². The van der Waals surface area contributed by atoms with Gasteiger partial charge in [0.15, 0.2) is 11.5 Å². The summed E-state index contributed by atoms with van der Waals surface area (Å²) in [5, 5.41) is 0. The number of rotatable bonds is 4. The Kier molecular flexibility index (Phi) is 7.00. The van der Waals surface area contributed by atoms with Gasteiger partial charge in [0.2, 0.25) is 12.7 Å². The number of fused-ring (bicyclic) bond motifs is 1. The van der Waals surface area contributed by atoms with E-state index in [1.807, 2.05) is 7.05 Å². The van der Waals surface area contributed by atoms with Gasteiger partial charge in [-0.3, -0.25) is 4.79 Å². The predicted octanol–water partition coefficient (Wildman–Crippen LogP) is 3.12. The lowest BCUT2D eigenvalue weighted by molar-refractivity contribution is -0.138. The van der Waals surface area contributed by atoms with Gasteiger partial charge in [0.05, 0.1) is 0 Å². The molecule has 0 spiro atoms. The second-order valence-corrected chi connectivity index (χ2v) is 6.44. The number of nitrogens with zero attached hydrogens (tertiary/aromatic N) is 2. The Balaban J connectivity index is 0.00000261. The van der Waals surface area contributed by atoms with Gasteiger partial charge in [-0.15, -0.1) is 12.4 Å². The molecule has 0 aromatic heterocycles. The number of ether oxygens (including phenoxy) is 2. The summed E-state index contributed by atoms with van der Waals surface area (Å²) in [6.07, 6.45) is -0.439. The number of halogens is 4. The SMILES string of the molecule is CN1CCN(C(=O)/C=C/CCc2cc3c(c(C(F)(F)F)c2)OCO3)CC1.Cl. The van der Waals surface area contributed by atoms with Crippen molar-refractivity contribution in [1.82, 2.24) is 9.80 Å². The van der Waals surface area contributed by atoms with Gasteiger partial charge in [-0.25, -0.2) is 0 Å². The molecule has 2 aliphatic heterocycles. The maximum absolute atomic E-state index is 13.1. The largest absolute Gasteiger partial charge is 0.454 e. The van der Waals surface area contributed by atoms with E-state index in [0.717, 1.165) is 19.2 Å². The highest BCUT2D eigenvalue weighted by Gasteiger charge is 2.38. The molecule has 9 heteroatoms. The Morgan fingerprint density at radius 1 is 1.19 bits per heavy atom. The number of likely N-dealkylation sites (N-methyl/N-ethyl adjacent to an activating group) is 1. The minimum atomic E-state index is -4.50. The molecule has 0 bridgehead atoms.